The lowest BCUT2D eigenvalue weighted by Gasteiger charge is -2.11. The van der Waals surface area contributed by atoms with E-state index >= 15 is 0 Å². The maximum absolute atomic E-state index is 10.8. The van der Waals surface area contributed by atoms with Gasteiger partial charge in [0, 0.05) is 37.5 Å². The van der Waals surface area contributed by atoms with E-state index in [0.717, 1.165) is 12.3 Å². The molecule has 0 aliphatic rings. The van der Waals surface area contributed by atoms with Crippen molar-refractivity contribution in [2.45, 2.75) is 13.0 Å². The number of nitrogens with one attached hydrogen (secondary N) is 1. The zero-order valence-corrected chi connectivity index (χ0v) is 11.3. The predicted octanol–water partition coefficient (Wildman–Crippen LogP) is 0.389. The number of thioether (sulfide) groups is 1. The SMILES string of the molecule is COCC(C)NCCSCCS(C)(=O)=O. The van der Waals surface area contributed by atoms with Gasteiger partial charge >= 0.3 is 0 Å². The number of sulfone groups is 1. The third-order valence-corrected chi connectivity index (χ3v) is 3.94. The van der Waals surface area contributed by atoms with Gasteiger partial charge in [0.15, 0.2) is 0 Å². The van der Waals surface area contributed by atoms with Crippen molar-refractivity contribution in [2.75, 3.05) is 43.8 Å². The normalized spacial score (nSPS) is 14.1. The van der Waals surface area contributed by atoms with Gasteiger partial charge in [-0.1, -0.05) is 0 Å². The monoisotopic (exact) mass is 255 g/mol. The molecule has 1 atom stereocenters. The summed E-state index contributed by atoms with van der Waals surface area (Å²) in [6.07, 6.45) is 1.27. The van der Waals surface area contributed by atoms with E-state index in [1.165, 1.54) is 6.26 Å². The highest BCUT2D eigenvalue weighted by molar-refractivity contribution is 8.00. The summed E-state index contributed by atoms with van der Waals surface area (Å²) in [6, 6.07) is 0.352. The molecule has 0 aliphatic heterocycles. The Labute approximate surface area is 97.1 Å². The first-order chi connectivity index (χ1) is 6.95. The van der Waals surface area contributed by atoms with Gasteiger partial charge in [0.2, 0.25) is 0 Å². The molecule has 0 bridgehead atoms. The third-order valence-electron chi connectivity index (χ3n) is 1.75. The van der Waals surface area contributed by atoms with E-state index in [1.54, 1.807) is 18.9 Å². The Kier molecular flexibility index (Phi) is 8.50. The maximum Gasteiger partial charge on any atom is 0.148 e. The molecule has 0 aromatic carbocycles. The van der Waals surface area contributed by atoms with Crippen LogP contribution in [-0.4, -0.2) is 58.2 Å². The van der Waals surface area contributed by atoms with Crippen LogP contribution in [0.4, 0.5) is 0 Å². The van der Waals surface area contributed by atoms with Gasteiger partial charge in [-0.15, -0.1) is 0 Å². The molecule has 0 rings (SSSR count). The second-order valence-electron chi connectivity index (χ2n) is 3.55. The van der Waals surface area contributed by atoms with E-state index in [0.29, 0.717) is 18.4 Å². The summed E-state index contributed by atoms with van der Waals surface area (Å²) in [6.45, 7) is 3.65. The van der Waals surface area contributed by atoms with Crippen molar-refractivity contribution < 1.29 is 13.2 Å². The van der Waals surface area contributed by atoms with Crippen LogP contribution in [0.5, 0.6) is 0 Å². The van der Waals surface area contributed by atoms with E-state index in [2.05, 4.69) is 12.2 Å². The number of hydrogen-bond donors (Lipinski definition) is 1. The number of hydrogen-bond acceptors (Lipinski definition) is 5. The van der Waals surface area contributed by atoms with Crippen LogP contribution in [0.15, 0.2) is 0 Å². The lowest BCUT2D eigenvalue weighted by molar-refractivity contribution is 0.173. The molecule has 1 unspecified atom stereocenters. The van der Waals surface area contributed by atoms with Gasteiger partial charge in [-0.2, -0.15) is 11.8 Å². The summed E-state index contributed by atoms with van der Waals surface area (Å²) >= 11 is 1.66. The molecular weight excluding hydrogens is 234 g/mol. The van der Waals surface area contributed by atoms with Crippen LogP contribution in [0.25, 0.3) is 0 Å². The molecule has 0 heterocycles. The summed E-state index contributed by atoms with van der Waals surface area (Å²) in [5, 5.41) is 3.29. The second-order valence-corrected chi connectivity index (χ2v) is 7.04. The predicted molar refractivity (Wildman–Crippen MR) is 66.4 cm³/mol. The zero-order valence-electron chi connectivity index (χ0n) is 9.65. The highest BCUT2D eigenvalue weighted by Gasteiger charge is 2.02. The summed E-state index contributed by atoms with van der Waals surface area (Å²) in [5.41, 5.74) is 0. The highest BCUT2D eigenvalue weighted by atomic mass is 32.2. The smallest absolute Gasteiger partial charge is 0.148 e. The Bertz CT molecular complexity index is 242. The maximum atomic E-state index is 10.8. The summed E-state index contributed by atoms with van der Waals surface area (Å²) in [4.78, 5) is 0. The molecule has 1 N–H and O–H groups in total. The van der Waals surface area contributed by atoms with E-state index in [4.69, 9.17) is 4.74 Å². The lowest BCUT2D eigenvalue weighted by Crippen LogP contribution is -2.31. The van der Waals surface area contributed by atoms with Crippen molar-refractivity contribution in [3.05, 3.63) is 0 Å². The standard InChI is InChI=1S/C9H21NO3S2/c1-9(8-13-2)10-4-5-14-6-7-15(3,11)12/h9-10H,4-8H2,1-3H3. The molecule has 92 valence electrons. The van der Waals surface area contributed by atoms with E-state index in [9.17, 15) is 8.42 Å². The van der Waals surface area contributed by atoms with Gasteiger partial charge in [0.25, 0.3) is 0 Å². The van der Waals surface area contributed by atoms with Gasteiger partial charge < -0.3 is 10.1 Å². The Balaban J connectivity index is 3.25. The number of methoxy groups -OCH3 is 1. The molecule has 0 radical (unpaired) electrons. The van der Waals surface area contributed by atoms with Crippen LogP contribution in [0.1, 0.15) is 6.92 Å². The molecule has 4 nitrogen and oxygen atoms in total. The molecule has 0 aliphatic carbocycles. The van der Waals surface area contributed by atoms with Crippen LogP contribution < -0.4 is 5.32 Å². The Morgan fingerprint density at radius 2 is 2.07 bits per heavy atom. The molecule has 0 saturated carbocycles. The fourth-order valence-electron chi connectivity index (χ4n) is 0.999. The van der Waals surface area contributed by atoms with E-state index < -0.39 is 9.84 Å². The minimum Gasteiger partial charge on any atom is -0.383 e. The number of ether oxygens (including phenoxy) is 1. The van der Waals surface area contributed by atoms with Crippen molar-refractivity contribution in [1.29, 1.82) is 0 Å². The first kappa shape index (κ1) is 15.2. The minimum atomic E-state index is -2.80. The van der Waals surface area contributed by atoms with Crippen molar-refractivity contribution in [3.63, 3.8) is 0 Å². The molecule has 0 aromatic rings. The summed E-state index contributed by atoms with van der Waals surface area (Å²) < 4.78 is 26.6. The molecule has 0 fully saturated rings. The van der Waals surface area contributed by atoms with Gasteiger partial charge in [0.1, 0.15) is 9.84 Å². The average molecular weight is 255 g/mol. The Morgan fingerprint density at radius 1 is 1.40 bits per heavy atom. The molecule has 15 heavy (non-hydrogen) atoms. The average Bonchev–Trinajstić information content (AvgIpc) is 2.09. The van der Waals surface area contributed by atoms with Gasteiger partial charge in [0.05, 0.1) is 12.4 Å². The summed E-state index contributed by atoms with van der Waals surface area (Å²) in [5.74, 6) is 1.88. The highest BCUT2D eigenvalue weighted by Crippen LogP contribution is 2.00. The fourth-order valence-corrected chi connectivity index (χ4v) is 3.15. The van der Waals surface area contributed by atoms with Crippen molar-refractivity contribution in [1.82, 2.24) is 5.32 Å². The first-order valence-electron chi connectivity index (χ1n) is 4.93. The van der Waals surface area contributed by atoms with Crippen molar-refractivity contribution in [3.8, 4) is 0 Å². The lowest BCUT2D eigenvalue weighted by atomic mass is 10.4. The quantitative estimate of drug-likeness (QED) is 0.604. The molecule has 0 amide bonds. The molecule has 0 aromatic heterocycles. The van der Waals surface area contributed by atoms with Crippen LogP contribution in [0.2, 0.25) is 0 Å². The molecule has 6 heteroatoms. The summed E-state index contributed by atoms with van der Waals surface area (Å²) in [7, 11) is -1.12. The number of rotatable bonds is 9. The molecule has 0 saturated heterocycles. The van der Waals surface area contributed by atoms with Crippen molar-refractivity contribution >= 4 is 21.6 Å². The van der Waals surface area contributed by atoms with Crippen molar-refractivity contribution in [2.24, 2.45) is 0 Å². The topological polar surface area (TPSA) is 55.4 Å². The Hall–Kier alpha value is 0.220. The van der Waals surface area contributed by atoms with E-state index in [1.807, 2.05) is 0 Å². The molecule has 0 spiro atoms. The van der Waals surface area contributed by atoms with Gasteiger partial charge in [-0.25, -0.2) is 8.42 Å². The minimum absolute atomic E-state index is 0.269. The van der Waals surface area contributed by atoms with Gasteiger partial charge in [-0.05, 0) is 6.92 Å². The zero-order chi connectivity index (χ0) is 11.7. The first-order valence-corrected chi connectivity index (χ1v) is 8.15. The van der Waals surface area contributed by atoms with Crippen LogP contribution >= 0.6 is 11.8 Å². The molecular formula is C9H21NO3S2. The van der Waals surface area contributed by atoms with Crippen LogP contribution in [-0.2, 0) is 14.6 Å². The van der Waals surface area contributed by atoms with E-state index in [-0.39, 0.29) is 5.75 Å². The van der Waals surface area contributed by atoms with Gasteiger partial charge in [-0.3, -0.25) is 0 Å². The van der Waals surface area contributed by atoms with Crippen LogP contribution in [0, 0.1) is 0 Å². The largest absolute Gasteiger partial charge is 0.383 e. The Morgan fingerprint density at radius 3 is 2.60 bits per heavy atom. The second kappa shape index (κ2) is 8.38. The third kappa shape index (κ3) is 12.2. The fraction of sp³-hybridized carbons (Fsp3) is 1.00. The van der Waals surface area contributed by atoms with Crippen LogP contribution in [0.3, 0.4) is 0 Å².